The zero-order valence-corrected chi connectivity index (χ0v) is 23.7. The van der Waals surface area contributed by atoms with E-state index in [9.17, 15) is 0 Å². The lowest BCUT2D eigenvalue weighted by molar-refractivity contribution is -0.0397. The molecule has 2 aromatic carbocycles. The highest BCUT2D eigenvalue weighted by Crippen LogP contribution is 2.72. The predicted octanol–water partition coefficient (Wildman–Crippen LogP) is 8.88. The van der Waals surface area contributed by atoms with Crippen LogP contribution in [0.4, 0.5) is 0 Å². The van der Waals surface area contributed by atoms with Crippen molar-refractivity contribution in [3.63, 3.8) is 0 Å². The van der Waals surface area contributed by atoms with E-state index >= 15 is 0 Å². The minimum absolute atomic E-state index is 0.171. The molecule has 0 atom stereocenters. The maximum atomic E-state index is 4.69. The van der Waals surface area contributed by atoms with Gasteiger partial charge >= 0.3 is 0 Å². The molecule has 4 heterocycles. The highest BCUT2D eigenvalue weighted by atomic mass is 32.1. The van der Waals surface area contributed by atoms with Crippen molar-refractivity contribution in [2.24, 2.45) is 23.7 Å². The Labute approximate surface area is 236 Å². The van der Waals surface area contributed by atoms with Crippen LogP contribution in [0.3, 0.4) is 0 Å². The number of benzene rings is 2. The van der Waals surface area contributed by atoms with Gasteiger partial charge in [0.25, 0.3) is 0 Å². The molecular formula is C30H22N4S4. The number of nitrogens with zero attached hydrogens (tertiary/aromatic N) is 4. The minimum Gasteiger partial charge on any atom is -0.173 e. The number of fused-ring (bicyclic) bond motifs is 5. The van der Waals surface area contributed by atoms with Gasteiger partial charge in [-0.15, -0.1) is 22.7 Å². The van der Waals surface area contributed by atoms with Crippen LogP contribution in [0.5, 0.6) is 0 Å². The lowest BCUT2D eigenvalue weighted by atomic mass is 9.43. The molecule has 186 valence electrons. The van der Waals surface area contributed by atoms with Gasteiger partial charge in [-0.1, -0.05) is 24.3 Å². The molecule has 4 bridgehead atoms. The molecular weight excluding hydrogens is 545 g/mol. The standard InChI is InChI=1S/C30H22N4S4/c1-3-18(26-22(5-1)31-37-33-26)24-12-20-28(35-24)29-21(30(20)16-8-14-7-15(10-16)11-17(30)9-14)13-25(36-29)19-4-2-6-23-27(19)34-38-32-23/h1-6,12-17H,7-11H2. The van der Waals surface area contributed by atoms with Crippen LogP contribution in [0, 0.1) is 23.7 Å². The smallest absolute Gasteiger partial charge is 0.113 e. The molecule has 6 aromatic rings. The van der Waals surface area contributed by atoms with Crippen molar-refractivity contribution in [2.75, 3.05) is 0 Å². The molecule has 1 spiro atoms. The van der Waals surface area contributed by atoms with Crippen LogP contribution < -0.4 is 0 Å². The third-order valence-electron chi connectivity index (χ3n) is 10.1. The van der Waals surface area contributed by atoms with E-state index < -0.39 is 0 Å². The zero-order chi connectivity index (χ0) is 24.6. The van der Waals surface area contributed by atoms with Crippen LogP contribution in [0.25, 0.3) is 52.7 Å². The first-order chi connectivity index (χ1) is 18.8. The molecule has 38 heavy (non-hydrogen) atoms. The normalized spacial score (nSPS) is 26.1. The number of thiophene rings is 2. The first kappa shape index (κ1) is 21.3. The van der Waals surface area contributed by atoms with Gasteiger partial charge < -0.3 is 0 Å². The Bertz CT molecular complexity index is 1770. The van der Waals surface area contributed by atoms with Gasteiger partial charge in [0.1, 0.15) is 22.1 Å². The van der Waals surface area contributed by atoms with Crippen molar-refractivity contribution in [2.45, 2.75) is 37.5 Å². The molecule has 11 rings (SSSR count). The van der Waals surface area contributed by atoms with Gasteiger partial charge in [0.05, 0.1) is 23.5 Å². The van der Waals surface area contributed by atoms with E-state index in [-0.39, 0.29) is 5.41 Å². The first-order valence-electron chi connectivity index (χ1n) is 13.5. The molecule has 0 saturated heterocycles. The van der Waals surface area contributed by atoms with Crippen molar-refractivity contribution in [1.82, 2.24) is 17.5 Å². The van der Waals surface area contributed by atoms with Crippen LogP contribution in [0.15, 0.2) is 48.5 Å². The number of rotatable bonds is 2. The van der Waals surface area contributed by atoms with E-state index in [0.717, 1.165) is 45.7 Å². The highest BCUT2D eigenvalue weighted by molar-refractivity contribution is 7.26. The van der Waals surface area contributed by atoms with Crippen molar-refractivity contribution in [3.8, 4) is 30.6 Å². The second-order valence-electron chi connectivity index (χ2n) is 11.8. The summed E-state index contributed by atoms with van der Waals surface area (Å²) in [4.78, 5) is 5.74. The molecule has 4 saturated carbocycles. The zero-order valence-electron chi connectivity index (χ0n) is 20.4. The molecule has 5 aliphatic carbocycles. The average Bonchev–Trinajstić information content (AvgIpc) is 3.74. The molecule has 4 aromatic heterocycles. The summed E-state index contributed by atoms with van der Waals surface area (Å²) < 4.78 is 18.5. The van der Waals surface area contributed by atoms with E-state index in [1.165, 1.54) is 86.2 Å². The van der Waals surface area contributed by atoms with Crippen molar-refractivity contribution in [1.29, 1.82) is 0 Å². The Balaban J connectivity index is 1.24. The highest BCUT2D eigenvalue weighted by Gasteiger charge is 2.62. The summed E-state index contributed by atoms with van der Waals surface area (Å²) in [5.74, 6) is 3.40. The molecule has 0 unspecified atom stereocenters. The second kappa shape index (κ2) is 7.36. The van der Waals surface area contributed by atoms with Gasteiger partial charge in [-0.2, -0.15) is 17.5 Å². The molecule has 0 amide bonds. The molecule has 0 N–H and O–H groups in total. The summed E-state index contributed by atoms with van der Waals surface area (Å²) >= 11 is 6.62. The lowest BCUT2D eigenvalue weighted by Gasteiger charge is -2.60. The van der Waals surface area contributed by atoms with Gasteiger partial charge in [0.2, 0.25) is 0 Å². The summed E-state index contributed by atoms with van der Waals surface area (Å²) in [6.45, 7) is 0. The summed E-state index contributed by atoms with van der Waals surface area (Å²) in [6.07, 6.45) is 7.09. The Hall–Kier alpha value is -2.52. The van der Waals surface area contributed by atoms with Crippen LogP contribution in [0.2, 0.25) is 0 Å². The fourth-order valence-electron chi connectivity index (χ4n) is 8.96. The third-order valence-corrected chi connectivity index (χ3v) is 13.7. The third kappa shape index (κ3) is 2.56. The maximum Gasteiger partial charge on any atom is 0.113 e. The van der Waals surface area contributed by atoms with Crippen LogP contribution >= 0.6 is 46.1 Å². The molecule has 4 nitrogen and oxygen atoms in total. The Morgan fingerprint density at radius 1 is 0.605 bits per heavy atom. The fraction of sp³-hybridized carbons (Fsp3) is 0.333. The van der Waals surface area contributed by atoms with E-state index in [4.69, 9.17) is 8.75 Å². The van der Waals surface area contributed by atoms with Crippen molar-refractivity contribution >= 4 is 68.2 Å². The van der Waals surface area contributed by atoms with Crippen LogP contribution in [0.1, 0.15) is 43.2 Å². The monoisotopic (exact) mass is 566 g/mol. The topological polar surface area (TPSA) is 51.6 Å². The Kier molecular flexibility index (Phi) is 4.13. The quantitative estimate of drug-likeness (QED) is 0.210. The van der Waals surface area contributed by atoms with E-state index in [0.29, 0.717) is 0 Å². The van der Waals surface area contributed by atoms with E-state index in [1.54, 1.807) is 11.1 Å². The molecule has 8 heteroatoms. The Morgan fingerprint density at radius 3 is 1.61 bits per heavy atom. The lowest BCUT2D eigenvalue weighted by Crippen LogP contribution is -2.55. The van der Waals surface area contributed by atoms with E-state index in [2.05, 4.69) is 57.3 Å². The summed E-state index contributed by atoms with van der Waals surface area (Å²) in [6, 6.07) is 18.1. The molecule has 5 aliphatic rings. The Morgan fingerprint density at radius 2 is 1.11 bits per heavy atom. The van der Waals surface area contributed by atoms with E-state index in [1.807, 2.05) is 22.7 Å². The molecule has 4 fully saturated rings. The number of aromatic nitrogens is 4. The summed E-state index contributed by atoms with van der Waals surface area (Å²) in [5, 5.41) is 0. The van der Waals surface area contributed by atoms with Crippen molar-refractivity contribution in [3.05, 3.63) is 59.7 Å². The van der Waals surface area contributed by atoms with Gasteiger partial charge in [0, 0.05) is 36.1 Å². The van der Waals surface area contributed by atoms with Crippen molar-refractivity contribution < 1.29 is 0 Å². The number of hydrogen-bond donors (Lipinski definition) is 0. The second-order valence-corrected chi connectivity index (χ2v) is 14.9. The predicted molar refractivity (Wildman–Crippen MR) is 158 cm³/mol. The SMILES string of the molecule is c1cc(-c2cc3c(s2)-c2sc(-c4cccc5nsnc45)cc2C32C3CC4CC(C3)CC2C4)c2nsnc2c1. The first-order valence-corrected chi connectivity index (χ1v) is 16.6. The van der Waals surface area contributed by atoms with Gasteiger partial charge in [-0.05, 0) is 91.2 Å². The van der Waals surface area contributed by atoms with Gasteiger partial charge in [-0.25, -0.2) is 0 Å². The summed E-state index contributed by atoms with van der Waals surface area (Å²) in [7, 11) is 0. The van der Waals surface area contributed by atoms with Gasteiger partial charge in [0.15, 0.2) is 0 Å². The fourth-order valence-corrected chi connectivity index (χ4v) is 12.7. The summed E-state index contributed by atoms with van der Waals surface area (Å²) in [5.41, 5.74) is 10.0. The average molecular weight is 567 g/mol. The molecule has 0 radical (unpaired) electrons. The van der Waals surface area contributed by atoms with Crippen LogP contribution in [-0.2, 0) is 5.41 Å². The van der Waals surface area contributed by atoms with Gasteiger partial charge in [-0.3, -0.25) is 0 Å². The number of hydrogen-bond acceptors (Lipinski definition) is 8. The maximum absolute atomic E-state index is 4.69. The minimum atomic E-state index is 0.171. The molecule has 0 aliphatic heterocycles. The largest absolute Gasteiger partial charge is 0.173 e. The van der Waals surface area contributed by atoms with Crippen LogP contribution in [-0.4, -0.2) is 17.5 Å².